The molecular formula is C25H20ClF6N3O2S. The lowest BCUT2D eigenvalue weighted by Gasteiger charge is -2.23. The van der Waals surface area contributed by atoms with Crippen molar-refractivity contribution in [2.45, 2.75) is 18.8 Å². The molecule has 1 amide bonds. The Hall–Kier alpha value is -3.09. The normalized spacial score (nSPS) is 12.3. The van der Waals surface area contributed by atoms with E-state index in [9.17, 15) is 31.1 Å². The topological polar surface area (TPSA) is 46.8 Å². The summed E-state index contributed by atoms with van der Waals surface area (Å²) in [6.07, 6.45) is -8.02. The number of carbonyl (C=O) groups excluding carboxylic acids is 1. The van der Waals surface area contributed by atoms with Gasteiger partial charge in [-0.25, -0.2) is 4.98 Å². The number of thiazole rings is 1. The number of ether oxygens (including phenoxy) is 1. The van der Waals surface area contributed by atoms with Crippen molar-refractivity contribution in [3.63, 3.8) is 0 Å². The maximum Gasteiger partial charge on any atom is 0.416 e. The van der Waals surface area contributed by atoms with Crippen LogP contribution in [0.4, 0.5) is 26.3 Å². The van der Waals surface area contributed by atoms with Crippen LogP contribution < -0.4 is 0 Å². The van der Waals surface area contributed by atoms with E-state index in [1.807, 2.05) is 28.1 Å². The number of hydrogen-bond donors (Lipinski definition) is 0. The summed E-state index contributed by atoms with van der Waals surface area (Å²) < 4.78 is 86.7. The number of nitrogens with zero attached hydrogens (tertiary/aromatic N) is 3. The molecule has 0 unspecified atom stereocenters. The molecule has 0 atom stereocenters. The minimum absolute atomic E-state index is 0.00429. The molecule has 0 aliphatic carbocycles. The van der Waals surface area contributed by atoms with Gasteiger partial charge in [0.1, 0.15) is 0 Å². The summed E-state index contributed by atoms with van der Waals surface area (Å²) in [7, 11) is 1.38. The average Bonchev–Trinajstić information content (AvgIpc) is 3.44. The Balaban J connectivity index is 1.60. The standard InChI is InChI=1S/C25H20ClF6N3O2S/c1-37-9-8-34(22(36)16-10-17(24(27,28)29)12-18(11-16)25(30,31)32)7-6-20-14-38-23-33-21(13-35(20)23)15-2-4-19(26)5-3-15/h2-5,10-14H,6-9H2,1H3. The molecule has 0 N–H and O–H groups in total. The maximum absolute atomic E-state index is 13.3. The Morgan fingerprint density at radius 1 is 1.03 bits per heavy atom. The lowest BCUT2D eigenvalue weighted by atomic mass is 10.0. The Morgan fingerprint density at radius 3 is 2.24 bits per heavy atom. The van der Waals surface area contributed by atoms with Gasteiger partial charge in [-0.15, -0.1) is 11.3 Å². The SMILES string of the molecule is COCCN(CCc1csc2nc(-c3ccc(Cl)cc3)cn12)C(=O)c1cc(C(F)(F)F)cc(C(F)(F)F)c1. The number of benzene rings is 2. The van der Waals surface area contributed by atoms with Crippen LogP contribution in [0.15, 0.2) is 54.0 Å². The summed E-state index contributed by atoms with van der Waals surface area (Å²) in [6, 6.07) is 8.00. The Labute approximate surface area is 222 Å². The van der Waals surface area contributed by atoms with Crippen molar-refractivity contribution >= 4 is 33.8 Å². The second-order valence-corrected chi connectivity index (χ2v) is 9.62. The van der Waals surface area contributed by atoms with Gasteiger partial charge in [-0.3, -0.25) is 9.20 Å². The van der Waals surface area contributed by atoms with E-state index in [2.05, 4.69) is 4.98 Å². The fourth-order valence-corrected chi connectivity index (χ4v) is 4.83. The predicted molar refractivity (Wildman–Crippen MR) is 131 cm³/mol. The molecule has 2 heterocycles. The summed E-state index contributed by atoms with van der Waals surface area (Å²) in [4.78, 5) is 19.6. The second kappa shape index (κ2) is 11.0. The second-order valence-electron chi connectivity index (χ2n) is 8.34. The van der Waals surface area contributed by atoms with Gasteiger partial charge in [-0.1, -0.05) is 23.7 Å². The maximum atomic E-state index is 13.3. The molecule has 38 heavy (non-hydrogen) atoms. The molecule has 0 aliphatic heterocycles. The first kappa shape index (κ1) is 27.9. The van der Waals surface area contributed by atoms with Crippen molar-refractivity contribution in [3.8, 4) is 11.3 Å². The van der Waals surface area contributed by atoms with Gasteiger partial charge in [0, 0.05) is 60.0 Å². The van der Waals surface area contributed by atoms with Gasteiger partial charge >= 0.3 is 12.4 Å². The van der Waals surface area contributed by atoms with Crippen molar-refractivity contribution in [2.24, 2.45) is 0 Å². The lowest BCUT2D eigenvalue weighted by Crippen LogP contribution is -2.36. The van der Waals surface area contributed by atoms with E-state index < -0.39 is 35.0 Å². The number of aromatic nitrogens is 2. The van der Waals surface area contributed by atoms with Crippen LogP contribution in [0.3, 0.4) is 0 Å². The predicted octanol–water partition coefficient (Wildman–Crippen LogP) is 7.09. The fourth-order valence-electron chi connectivity index (χ4n) is 3.80. The van der Waals surface area contributed by atoms with Crippen molar-refractivity contribution in [1.29, 1.82) is 0 Å². The van der Waals surface area contributed by atoms with Gasteiger partial charge in [-0.05, 0) is 30.3 Å². The van der Waals surface area contributed by atoms with Crippen molar-refractivity contribution in [2.75, 3.05) is 26.8 Å². The number of imidazole rings is 1. The van der Waals surface area contributed by atoms with Gasteiger partial charge in [0.05, 0.1) is 23.4 Å². The third-order valence-electron chi connectivity index (χ3n) is 5.75. The number of amides is 1. The first-order valence-corrected chi connectivity index (χ1v) is 12.4. The monoisotopic (exact) mass is 575 g/mol. The number of alkyl halides is 6. The van der Waals surface area contributed by atoms with E-state index in [1.165, 1.54) is 23.3 Å². The molecule has 2 aromatic heterocycles. The third-order valence-corrected chi connectivity index (χ3v) is 6.89. The summed E-state index contributed by atoms with van der Waals surface area (Å²) in [5, 5.41) is 2.42. The van der Waals surface area contributed by atoms with Crippen LogP contribution in [0.2, 0.25) is 5.02 Å². The first-order chi connectivity index (χ1) is 17.9. The molecule has 0 saturated carbocycles. The van der Waals surface area contributed by atoms with Crippen LogP contribution in [0.1, 0.15) is 27.2 Å². The quantitative estimate of drug-likeness (QED) is 0.211. The molecule has 0 radical (unpaired) electrons. The van der Waals surface area contributed by atoms with E-state index in [1.54, 1.807) is 12.1 Å². The molecule has 4 rings (SSSR count). The first-order valence-electron chi connectivity index (χ1n) is 11.2. The number of fused-ring (bicyclic) bond motifs is 1. The zero-order valence-corrected chi connectivity index (χ0v) is 21.3. The molecule has 0 spiro atoms. The largest absolute Gasteiger partial charge is 0.416 e. The van der Waals surface area contributed by atoms with Crippen molar-refractivity contribution in [3.05, 3.63) is 81.4 Å². The van der Waals surface area contributed by atoms with Crippen molar-refractivity contribution < 1.29 is 35.9 Å². The van der Waals surface area contributed by atoms with Crippen LogP contribution in [0.5, 0.6) is 0 Å². The van der Waals surface area contributed by atoms with Gasteiger partial charge in [0.15, 0.2) is 4.96 Å². The minimum Gasteiger partial charge on any atom is -0.383 e. The van der Waals surface area contributed by atoms with Crippen LogP contribution in [-0.4, -0.2) is 47.0 Å². The van der Waals surface area contributed by atoms with Crippen LogP contribution in [0.25, 0.3) is 16.2 Å². The number of rotatable bonds is 8. The number of halogens is 7. The van der Waals surface area contributed by atoms with Gasteiger partial charge in [0.2, 0.25) is 0 Å². The van der Waals surface area contributed by atoms with E-state index in [0.29, 0.717) is 27.8 Å². The molecule has 0 bridgehead atoms. The van der Waals surface area contributed by atoms with E-state index >= 15 is 0 Å². The van der Waals surface area contributed by atoms with Gasteiger partial charge in [0.25, 0.3) is 5.91 Å². The molecule has 0 fully saturated rings. The summed E-state index contributed by atoms with van der Waals surface area (Å²) in [5.41, 5.74) is -1.48. The van der Waals surface area contributed by atoms with Crippen LogP contribution in [0, 0.1) is 0 Å². The molecule has 5 nitrogen and oxygen atoms in total. The molecule has 0 aliphatic rings. The fraction of sp³-hybridized carbons (Fsp3) is 0.280. The highest BCUT2D eigenvalue weighted by molar-refractivity contribution is 7.15. The molecule has 202 valence electrons. The lowest BCUT2D eigenvalue weighted by molar-refractivity contribution is -0.143. The number of carbonyl (C=O) groups is 1. The zero-order valence-electron chi connectivity index (χ0n) is 19.7. The van der Waals surface area contributed by atoms with E-state index in [0.717, 1.165) is 11.3 Å². The number of hydrogen-bond acceptors (Lipinski definition) is 4. The number of methoxy groups -OCH3 is 1. The minimum atomic E-state index is -5.06. The van der Waals surface area contributed by atoms with E-state index in [4.69, 9.17) is 16.3 Å². The smallest absolute Gasteiger partial charge is 0.383 e. The summed E-state index contributed by atoms with van der Waals surface area (Å²) in [6.45, 7) is 0.0436. The highest BCUT2D eigenvalue weighted by Gasteiger charge is 2.38. The van der Waals surface area contributed by atoms with E-state index in [-0.39, 0.29) is 32.2 Å². The zero-order chi connectivity index (χ0) is 27.7. The van der Waals surface area contributed by atoms with Crippen molar-refractivity contribution in [1.82, 2.24) is 14.3 Å². The molecule has 13 heteroatoms. The highest BCUT2D eigenvalue weighted by Crippen LogP contribution is 2.36. The van der Waals surface area contributed by atoms with Gasteiger partial charge < -0.3 is 9.64 Å². The molecular weight excluding hydrogens is 556 g/mol. The Morgan fingerprint density at radius 2 is 1.66 bits per heavy atom. The van der Waals surface area contributed by atoms with Crippen LogP contribution >= 0.6 is 22.9 Å². The summed E-state index contributed by atoms with van der Waals surface area (Å²) in [5.74, 6) is -0.961. The Bertz CT molecular complexity index is 1400. The molecule has 0 saturated heterocycles. The highest BCUT2D eigenvalue weighted by atomic mass is 35.5. The Kier molecular flexibility index (Phi) is 8.05. The average molecular weight is 576 g/mol. The molecule has 4 aromatic rings. The van der Waals surface area contributed by atoms with Gasteiger partial charge in [-0.2, -0.15) is 26.3 Å². The van der Waals surface area contributed by atoms with Crippen LogP contribution in [-0.2, 0) is 23.5 Å². The molecule has 2 aromatic carbocycles. The third kappa shape index (κ3) is 6.30. The summed E-state index contributed by atoms with van der Waals surface area (Å²) >= 11 is 7.31.